The second kappa shape index (κ2) is 10.7. The summed E-state index contributed by atoms with van der Waals surface area (Å²) in [6.07, 6.45) is 5.58. The van der Waals surface area contributed by atoms with Crippen LogP contribution in [-0.2, 0) is 4.74 Å². The van der Waals surface area contributed by atoms with Gasteiger partial charge in [-0.25, -0.2) is 4.79 Å². The molecule has 0 aliphatic carbocycles. The zero-order valence-corrected chi connectivity index (χ0v) is 17.7. The van der Waals surface area contributed by atoms with Crippen molar-refractivity contribution in [3.05, 3.63) is 0 Å². The predicted molar refractivity (Wildman–Crippen MR) is 110 cm³/mol. The molecule has 156 valence electrons. The summed E-state index contributed by atoms with van der Waals surface area (Å²) >= 11 is 0. The van der Waals surface area contributed by atoms with Crippen LogP contribution in [0.25, 0.3) is 0 Å². The van der Waals surface area contributed by atoms with E-state index in [1.165, 1.54) is 32.4 Å². The Kier molecular flexibility index (Phi) is 8.67. The fourth-order valence-corrected chi connectivity index (χ4v) is 3.81. The first kappa shape index (κ1) is 21.8. The minimum absolute atomic E-state index is 0.0794. The zero-order chi connectivity index (χ0) is 19.7. The summed E-state index contributed by atoms with van der Waals surface area (Å²) in [6.45, 7) is 14.4. The van der Waals surface area contributed by atoms with Crippen LogP contribution in [0.5, 0.6) is 0 Å². The van der Waals surface area contributed by atoms with Crippen LogP contribution in [0.1, 0.15) is 59.8 Å². The maximum Gasteiger partial charge on any atom is 0.409 e. The van der Waals surface area contributed by atoms with Crippen LogP contribution >= 0.6 is 0 Å². The Morgan fingerprint density at radius 2 is 1.78 bits per heavy atom. The van der Waals surface area contributed by atoms with Crippen LogP contribution in [-0.4, -0.2) is 79.3 Å². The van der Waals surface area contributed by atoms with Crippen molar-refractivity contribution in [3.63, 3.8) is 0 Å². The van der Waals surface area contributed by atoms with Crippen LogP contribution in [0, 0.1) is 0 Å². The van der Waals surface area contributed by atoms with E-state index in [4.69, 9.17) is 9.73 Å². The Labute approximate surface area is 164 Å². The number of nitrogens with zero attached hydrogens (tertiary/aromatic N) is 3. The number of ether oxygens (including phenoxy) is 1. The fourth-order valence-electron chi connectivity index (χ4n) is 3.81. The topological polar surface area (TPSA) is 69.2 Å². The van der Waals surface area contributed by atoms with Crippen LogP contribution in [0.2, 0.25) is 0 Å². The smallest absolute Gasteiger partial charge is 0.409 e. The molecule has 2 rings (SSSR count). The average Bonchev–Trinajstić information content (AvgIpc) is 2.68. The van der Waals surface area contributed by atoms with Gasteiger partial charge in [-0.15, -0.1) is 0 Å². The number of piperidine rings is 2. The van der Waals surface area contributed by atoms with Crippen molar-refractivity contribution in [2.45, 2.75) is 71.4 Å². The number of amides is 1. The fraction of sp³-hybridized carbons (Fsp3) is 0.900. The first-order valence-corrected chi connectivity index (χ1v) is 10.7. The van der Waals surface area contributed by atoms with Gasteiger partial charge in [-0.3, -0.25) is 9.89 Å². The Morgan fingerprint density at radius 1 is 1.11 bits per heavy atom. The third-order valence-corrected chi connectivity index (χ3v) is 5.54. The molecular weight excluding hydrogens is 342 g/mol. The zero-order valence-electron chi connectivity index (χ0n) is 17.7. The number of aliphatic imine (C=N–C) groups is 1. The molecule has 0 aromatic carbocycles. The monoisotopic (exact) mass is 381 g/mol. The molecule has 0 saturated carbocycles. The highest BCUT2D eigenvalue weighted by molar-refractivity contribution is 5.80. The number of nitrogens with one attached hydrogen (secondary N) is 2. The SMILES string of the molecule is CCNC(=NCC(C)(C)N1CCCCC1)NC1CCN(C(=O)OCC)CC1. The van der Waals surface area contributed by atoms with Gasteiger partial charge in [0.25, 0.3) is 0 Å². The summed E-state index contributed by atoms with van der Waals surface area (Å²) in [5.74, 6) is 0.886. The summed E-state index contributed by atoms with van der Waals surface area (Å²) in [5.41, 5.74) is 0.0794. The Morgan fingerprint density at radius 3 is 2.37 bits per heavy atom. The van der Waals surface area contributed by atoms with Crippen molar-refractivity contribution >= 4 is 12.1 Å². The van der Waals surface area contributed by atoms with Gasteiger partial charge in [0.1, 0.15) is 0 Å². The van der Waals surface area contributed by atoms with Gasteiger partial charge in [0.15, 0.2) is 5.96 Å². The van der Waals surface area contributed by atoms with Crippen molar-refractivity contribution in [3.8, 4) is 0 Å². The lowest BCUT2D eigenvalue weighted by atomic mass is 9.99. The predicted octanol–water partition coefficient (Wildman–Crippen LogP) is 2.43. The minimum Gasteiger partial charge on any atom is -0.450 e. The van der Waals surface area contributed by atoms with Gasteiger partial charge in [0, 0.05) is 31.2 Å². The summed E-state index contributed by atoms with van der Waals surface area (Å²) in [6, 6.07) is 0.339. The van der Waals surface area contributed by atoms with Gasteiger partial charge < -0.3 is 20.3 Å². The van der Waals surface area contributed by atoms with Crippen molar-refractivity contribution in [2.24, 2.45) is 4.99 Å². The molecule has 2 saturated heterocycles. The highest BCUT2D eigenvalue weighted by Gasteiger charge is 2.28. The first-order chi connectivity index (χ1) is 13.0. The highest BCUT2D eigenvalue weighted by Crippen LogP contribution is 2.21. The molecule has 2 heterocycles. The normalized spacial score (nSPS) is 20.4. The Hall–Kier alpha value is -1.50. The highest BCUT2D eigenvalue weighted by atomic mass is 16.6. The van der Waals surface area contributed by atoms with Crippen molar-refractivity contribution in [1.29, 1.82) is 0 Å². The molecule has 7 heteroatoms. The van der Waals surface area contributed by atoms with Gasteiger partial charge in [0.2, 0.25) is 0 Å². The molecule has 2 N–H and O–H groups in total. The molecule has 0 radical (unpaired) electrons. The van der Waals surface area contributed by atoms with E-state index in [0.717, 1.165) is 45.0 Å². The molecule has 0 aromatic heterocycles. The third-order valence-electron chi connectivity index (χ3n) is 5.54. The van der Waals surface area contributed by atoms with E-state index in [1.54, 1.807) is 4.90 Å². The van der Waals surface area contributed by atoms with Gasteiger partial charge in [-0.2, -0.15) is 0 Å². The van der Waals surface area contributed by atoms with Crippen LogP contribution in [0.4, 0.5) is 4.79 Å². The van der Waals surface area contributed by atoms with Crippen molar-refractivity contribution in [1.82, 2.24) is 20.4 Å². The first-order valence-electron chi connectivity index (χ1n) is 10.7. The van der Waals surface area contributed by atoms with E-state index in [9.17, 15) is 4.79 Å². The maximum atomic E-state index is 11.8. The number of carbonyl (C=O) groups is 1. The molecular formula is C20H39N5O2. The van der Waals surface area contributed by atoms with E-state index < -0.39 is 0 Å². The van der Waals surface area contributed by atoms with Gasteiger partial charge in [-0.05, 0) is 66.5 Å². The van der Waals surface area contributed by atoms with E-state index in [-0.39, 0.29) is 11.6 Å². The Bertz CT molecular complexity index is 481. The lowest BCUT2D eigenvalue weighted by Crippen LogP contribution is -2.52. The molecule has 27 heavy (non-hydrogen) atoms. The standard InChI is InChI=1S/C20H39N5O2/c1-5-21-18(22-16-20(3,4)25-12-8-7-9-13-25)23-17-10-14-24(15-11-17)19(26)27-6-2/h17H,5-16H2,1-4H3,(H2,21,22,23). The molecule has 0 atom stereocenters. The number of guanidine groups is 1. The molecule has 2 fully saturated rings. The van der Waals surface area contributed by atoms with Gasteiger partial charge in [0.05, 0.1) is 13.2 Å². The van der Waals surface area contributed by atoms with Gasteiger partial charge in [-0.1, -0.05) is 6.42 Å². The molecule has 2 aliphatic heterocycles. The van der Waals surface area contributed by atoms with E-state index in [2.05, 4.69) is 36.3 Å². The largest absolute Gasteiger partial charge is 0.450 e. The quantitative estimate of drug-likeness (QED) is 0.546. The van der Waals surface area contributed by atoms with Crippen molar-refractivity contribution < 1.29 is 9.53 Å². The summed E-state index contributed by atoms with van der Waals surface area (Å²) in [4.78, 5) is 21.1. The number of hydrogen-bond acceptors (Lipinski definition) is 4. The average molecular weight is 382 g/mol. The molecule has 0 spiro atoms. The van der Waals surface area contributed by atoms with Gasteiger partial charge >= 0.3 is 6.09 Å². The summed E-state index contributed by atoms with van der Waals surface area (Å²) in [7, 11) is 0. The van der Waals surface area contributed by atoms with Crippen LogP contribution < -0.4 is 10.6 Å². The van der Waals surface area contributed by atoms with E-state index in [1.807, 2.05) is 6.92 Å². The second-order valence-corrected chi connectivity index (χ2v) is 8.16. The summed E-state index contributed by atoms with van der Waals surface area (Å²) < 4.78 is 5.10. The molecule has 1 amide bonds. The Balaban J connectivity index is 1.85. The lowest BCUT2D eigenvalue weighted by Gasteiger charge is -2.40. The van der Waals surface area contributed by atoms with E-state index in [0.29, 0.717) is 12.6 Å². The van der Waals surface area contributed by atoms with Crippen molar-refractivity contribution in [2.75, 3.05) is 45.9 Å². The third kappa shape index (κ3) is 6.87. The molecule has 2 aliphatic rings. The molecule has 0 bridgehead atoms. The lowest BCUT2D eigenvalue weighted by molar-refractivity contribution is 0.0960. The molecule has 0 aromatic rings. The van der Waals surface area contributed by atoms with E-state index >= 15 is 0 Å². The summed E-state index contributed by atoms with van der Waals surface area (Å²) in [5, 5.41) is 6.94. The number of hydrogen-bond donors (Lipinski definition) is 2. The number of carbonyl (C=O) groups excluding carboxylic acids is 1. The van der Waals surface area contributed by atoms with Crippen LogP contribution in [0.15, 0.2) is 4.99 Å². The minimum atomic E-state index is -0.195. The molecule has 7 nitrogen and oxygen atoms in total. The number of rotatable bonds is 6. The van der Waals surface area contributed by atoms with Crippen LogP contribution in [0.3, 0.4) is 0 Å². The number of likely N-dealkylation sites (tertiary alicyclic amines) is 2. The maximum absolute atomic E-state index is 11.8. The second-order valence-electron chi connectivity index (χ2n) is 8.16. The molecule has 0 unspecified atom stereocenters.